The Kier molecular flexibility index (Phi) is 7.82. The van der Waals surface area contributed by atoms with Crippen LogP contribution in [0.2, 0.25) is 5.02 Å². The van der Waals surface area contributed by atoms with Crippen LogP contribution in [0.15, 0.2) is 18.2 Å². The molecule has 5 heteroatoms. The van der Waals surface area contributed by atoms with Gasteiger partial charge < -0.3 is 19.7 Å². The third-order valence-electron chi connectivity index (χ3n) is 2.89. The lowest BCUT2D eigenvalue weighted by molar-refractivity contribution is 0.190. The first-order chi connectivity index (χ1) is 9.22. The first kappa shape index (κ1) is 16.2. The molecule has 19 heavy (non-hydrogen) atoms. The van der Waals surface area contributed by atoms with Gasteiger partial charge in [-0.05, 0) is 24.7 Å². The maximum atomic E-state index is 6.12. The van der Waals surface area contributed by atoms with Gasteiger partial charge in [-0.25, -0.2) is 0 Å². The van der Waals surface area contributed by atoms with Crippen LogP contribution in [0.1, 0.15) is 5.56 Å². The second kappa shape index (κ2) is 9.15. The number of rotatable bonds is 9. The summed E-state index contributed by atoms with van der Waals surface area (Å²) in [6.45, 7) is 3.79. The summed E-state index contributed by atoms with van der Waals surface area (Å²) in [7, 11) is 5.36. The highest BCUT2D eigenvalue weighted by Gasteiger charge is 2.11. The van der Waals surface area contributed by atoms with Crippen LogP contribution in [0, 0.1) is 0 Å². The van der Waals surface area contributed by atoms with E-state index >= 15 is 0 Å². The van der Waals surface area contributed by atoms with Crippen molar-refractivity contribution in [2.24, 2.45) is 0 Å². The molecule has 0 aromatic heterocycles. The molecular formula is C14H23ClN2O2. The summed E-state index contributed by atoms with van der Waals surface area (Å²) in [5, 5.41) is 3.92. The quantitative estimate of drug-likeness (QED) is 0.754. The molecular weight excluding hydrogens is 264 g/mol. The van der Waals surface area contributed by atoms with Gasteiger partial charge in [0.2, 0.25) is 0 Å². The Morgan fingerprint density at radius 2 is 1.79 bits per heavy atom. The normalized spacial score (nSPS) is 10.7. The molecule has 0 amide bonds. The highest BCUT2D eigenvalue weighted by Crippen LogP contribution is 2.25. The predicted molar refractivity (Wildman–Crippen MR) is 80.2 cm³/mol. The molecule has 0 aliphatic heterocycles. The maximum absolute atomic E-state index is 6.12. The molecule has 0 spiro atoms. The first-order valence-electron chi connectivity index (χ1n) is 6.38. The molecule has 0 aliphatic carbocycles. The van der Waals surface area contributed by atoms with Crippen LogP contribution < -0.4 is 10.2 Å². The Balaban J connectivity index is 2.93. The first-order valence-corrected chi connectivity index (χ1v) is 6.76. The zero-order valence-corrected chi connectivity index (χ0v) is 12.7. The number of nitrogens with zero attached hydrogens (tertiary/aromatic N) is 1. The Hall–Kier alpha value is -0.810. The van der Waals surface area contributed by atoms with Crippen molar-refractivity contribution in [1.29, 1.82) is 0 Å². The van der Waals surface area contributed by atoms with Gasteiger partial charge in [0.1, 0.15) is 0 Å². The Morgan fingerprint density at radius 1 is 1.16 bits per heavy atom. The molecule has 108 valence electrons. The number of halogens is 1. The molecule has 1 aromatic rings. The molecule has 0 saturated heterocycles. The molecule has 0 radical (unpaired) electrons. The Labute approximate surface area is 120 Å². The highest BCUT2D eigenvalue weighted by molar-refractivity contribution is 6.30. The number of hydrogen-bond acceptors (Lipinski definition) is 4. The van der Waals surface area contributed by atoms with Gasteiger partial charge in [-0.3, -0.25) is 0 Å². The van der Waals surface area contributed by atoms with E-state index in [-0.39, 0.29) is 0 Å². The van der Waals surface area contributed by atoms with Crippen molar-refractivity contribution in [2.75, 3.05) is 52.5 Å². The van der Waals surface area contributed by atoms with E-state index in [1.165, 1.54) is 5.56 Å². The van der Waals surface area contributed by atoms with E-state index in [0.717, 1.165) is 30.3 Å². The zero-order valence-electron chi connectivity index (χ0n) is 11.9. The SMILES string of the molecule is CNCc1ccc(Cl)cc1N(CCOC)CCOC. The molecule has 1 N–H and O–H groups in total. The van der Waals surface area contributed by atoms with E-state index in [9.17, 15) is 0 Å². The number of nitrogens with one attached hydrogen (secondary N) is 1. The lowest BCUT2D eigenvalue weighted by Gasteiger charge is -2.27. The van der Waals surface area contributed by atoms with Crippen LogP contribution in [0.5, 0.6) is 0 Å². The van der Waals surface area contributed by atoms with Gasteiger partial charge in [0.25, 0.3) is 0 Å². The van der Waals surface area contributed by atoms with E-state index in [2.05, 4.69) is 16.3 Å². The van der Waals surface area contributed by atoms with Crippen molar-refractivity contribution in [3.63, 3.8) is 0 Å². The van der Waals surface area contributed by atoms with Crippen molar-refractivity contribution in [2.45, 2.75) is 6.54 Å². The Morgan fingerprint density at radius 3 is 2.32 bits per heavy atom. The van der Waals surface area contributed by atoms with Crippen LogP contribution in [-0.4, -0.2) is 47.6 Å². The maximum Gasteiger partial charge on any atom is 0.0637 e. The number of methoxy groups -OCH3 is 2. The predicted octanol–water partition coefficient (Wildman–Crippen LogP) is 2.16. The van der Waals surface area contributed by atoms with Crippen molar-refractivity contribution in [1.82, 2.24) is 5.32 Å². The third kappa shape index (κ3) is 5.37. The van der Waals surface area contributed by atoms with Crippen molar-refractivity contribution in [3.05, 3.63) is 28.8 Å². The molecule has 0 aliphatic rings. The number of hydrogen-bond donors (Lipinski definition) is 1. The fourth-order valence-electron chi connectivity index (χ4n) is 1.93. The van der Waals surface area contributed by atoms with Gasteiger partial charge in [0.05, 0.1) is 13.2 Å². The standard InChI is InChI=1S/C14H23ClN2O2/c1-16-11-12-4-5-13(15)10-14(12)17(6-8-18-2)7-9-19-3/h4-5,10,16H,6-9,11H2,1-3H3. The summed E-state index contributed by atoms with van der Waals surface area (Å²) in [4.78, 5) is 2.24. The average molecular weight is 287 g/mol. The third-order valence-corrected chi connectivity index (χ3v) is 3.12. The van der Waals surface area contributed by atoms with Gasteiger partial charge in [0.15, 0.2) is 0 Å². The lowest BCUT2D eigenvalue weighted by Crippen LogP contribution is -2.31. The smallest absolute Gasteiger partial charge is 0.0637 e. The zero-order chi connectivity index (χ0) is 14.1. The highest BCUT2D eigenvalue weighted by atomic mass is 35.5. The summed E-state index contributed by atoms with van der Waals surface area (Å²) in [5.41, 5.74) is 2.36. The van der Waals surface area contributed by atoms with Crippen LogP contribution in [0.3, 0.4) is 0 Å². The minimum Gasteiger partial charge on any atom is -0.383 e. The number of anilines is 1. The molecule has 0 saturated carbocycles. The topological polar surface area (TPSA) is 33.7 Å². The van der Waals surface area contributed by atoms with E-state index in [0.29, 0.717) is 13.2 Å². The van der Waals surface area contributed by atoms with Crippen LogP contribution in [0.4, 0.5) is 5.69 Å². The molecule has 0 bridgehead atoms. The van der Waals surface area contributed by atoms with Gasteiger partial charge in [-0.1, -0.05) is 17.7 Å². The molecule has 1 aromatic carbocycles. The van der Waals surface area contributed by atoms with E-state index in [1.54, 1.807) is 14.2 Å². The molecule has 4 nitrogen and oxygen atoms in total. The van der Waals surface area contributed by atoms with Crippen LogP contribution in [-0.2, 0) is 16.0 Å². The van der Waals surface area contributed by atoms with E-state index in [4.69, 9.17) is 21.1 Å². The van der Waals surface area contributed by atoms with E-state index < -0.39 is 0 Å². The van der Waals surface area contributed by atoms with Crippen LogP contribution >= 0.6 is 11.6 Å². The molecule has 0 fully saturated rings. The largest absolute Gasteiger partial charge is 0.383 e. The summed E-state index contributed by atoms with van der Waals surface area (Å²) in [6.07, 6.45) is 0. The fraction of sp³-hybridized carbons (Fsp3) is 0.571. The lowest BCUT2D eigenvalue weighted by atomic mass is 10.1. The summed E-state index contributed by atoms with van der Waals surface area (Å²) in [5.74, 6) is 0. The number of benzene rings is 1. The number of ether oxygens (including phenoxy) is 2. The van der Waals surface area contributed by atoms with Gasteiger partial charge >= 0.3 is 0 Å². The average Bonchev–Trinajstić information content (AvgIpc) is 2.41. The van der Waals surface area contributed by atoms with Crippen molar-refractivity contribution in [3.8, 4) is 0 Å². The fourth-order valence-corrected chi connectivity index (χ4v) is 2.09. The summed E-state index contributed by atoms with van der Waals surface area (Å²) >= 11 is 6.12. The Bertz CT molecular complexity index is 366. The second-order valence-electron chi connectivity index (χ2n) is 4.28. The molecule has 0 atom stereocenters. The van der Waals surface area contributed by atoms with Gasteiger partial charge in [0, 0.05) is 44.6 Å². The van der Waals surface area contributed by atoms with Crippen molar-refractivity contribution < 1.29 is 9.47 Å². The summed E-state index contributed by atoms with van der Waals surface area (Å²) in [6, 6.07) is 5.98. The van der Waals surface area contributed by atoms with Gasteiger partial charge in [-0.2, -0.15) is 0 Å². The minimum atomic E-state index is 0.676. The molecule has 0 unspecified atom stereocenters. The van der Waals surface area contributed by atoms with Gasteiger partial charge in [-0.15, -0.1) is 0 Å². The molecule has 0 heterocycles. The van der Waals surface area contributed by atoms with Crippen molar-refractivity contribution >= 4 is 17.3 Å². The minimum absolute atomic E-state index is 0.676. The second-order valence-corrected chi connectivity index (χ2v) is 4.71. The monoisotopic (exact) mass is 286 g/mol. The molecule has 1 rings (SSSR count). The van der Waals surface area contributed by atoms with E-state index in [1.807, 2.05) is 19.2 Å². The summed E-state index contributed by atoms with van der Waals surface area (Å²) < 4.78 is 10.3. The van der Waals surface area contributed by atoms with Crippen LogP contribution in [0.25, 0.3) is 0 Å².